The first-order valence-electron chi connectivity index (χ1n) is 5.62. The molecule has 4 heteroatoms. The van der Waals surface area contributed by atoms with E-state index >= 15 is 0 Å². The molecule has 0 bridgehead atoms. The van der Waals surface area contributed by atoms with E-state index in [1.165, 1.54) is 11.8 Å². The third kappa shape index (κ3) is 2.95. The van der Waals surface area contributed by atoms with E-state index in [4.69, 9.17) is 10.4 Å². The van der Waals surface area contributed by atoms with Gasteiger partial charge in [0.25, 0.3) is 0 Å². The summed E-state index contributed by atoms with van der Waals surface area (Å²) in [5, 5.41) is 18.1. The molecule has 0 unspecified atom stereocenters. The molecule has 94 valence electrons. The average molecular weight is 269 g/mol. The normalized spacial score (nSPS) is 9.89. The zero-order chi connectivity index (χ0) is 13.8. The maximum absolute atomic E-state index is 11.1. The van der Waals surface area contributed by atoms with Crippen LogP contribution in [0, 0.1) is 18.3 Å². The largest absolute Gasteiger partial charge is 0.478 e. The highest BCUT2D eigenvalue weighted by Crippen LogP contribution is 2.31. The summed E-state index contributed by atoms with van der Waals surface area (Å²) < 4.78 is 0. The predicted molar refractivity (Wildman–Crippen MR) is 73.4 cm³/mol. The molecule has 2 aromatic rings. The summed E-state index contributed by atoms with van der Waals surface area (Å²) in [7, 11) is 0. The second-order valence-corrected chi connectivity index (χ2v) is 5.11. The molecular weight excluding hydrogens is 258 g/mol. The van der Waals surface area contributed by atoms with Crippen molar-refractivity contribution in [1.29, 1.82) is 5.26 Å². The third-order valence-corrected chi connectivity index (χ3v) is 3.74. The van der Waals surface area contributed by atoms with E-state index in [1.807, 2.05) is 18.2 Å². The van der Waals surface area contributed by atoms with E-state index in [0.29, 0.717) is 11.1 Å². The lowest BCUT2D eigenvalue weighted by atomic mass is 10.1. The van der Waals surface area contributed by atoms with E-state index in [9.17, 15) is 4.79 Å². The van der Waals surface area contributed by atoms with Gasteiger partial charge in [-0.05, 0) is 36.8 Å². The molecular formula is C15H11NO2S. The highest BCUT2D eigenvalue weighted by atomic mass is 32.2. The van der Waals surface area contributed by atoms with E-state index < -0.39 is 5.97 Å². The van der Waals surface area contributed by atoms with Gasteiger partial charge in [-0.25, -0.2) is 4.79 Å². The van der Waals surface area contributed by atoms with Crippen molar-refractivity contribution >= 4 is 17.7 Å². The molecule has 0 atom stereocenters. The van der Waals surface area contributed by atoms with Crippen LogP contribution < -0.4 is 0 Å². The van der Waals surface area contributed by atoms with Crippen LogP contribution in [0.3, 0.4) is 0 Å². The highest BCUT2D eigenvalue weighted by molar-refractivity contribution is 7.99. The quantitative estimate of drug-likeness (QED) is 0.922. The molecule has 0 saturated heterocycles. The number of rotatable bonds is 3. The fourth-order valence-corrected chi connectivity index (χ4v) is 2.61. The summed E-state index contributed by atoms with van der Waals surface area (Å²) >= 11 is 1.39. The summed E-state index contributed by atoms with van der Waals surface area (Å²) in [5.74, 6) is -0.937. The van der Waals surface area contributed by atoms with Crippen LogP contribution in [0.1, 0.15) is 21.5 Å². The maximum Gasteiger partial charge on any atom is 0.335 e. The fourth-order valence-electron chi connectivity index (χ4n) is 1.67. The molecule has 1 N–H and O–H groups in total. The Balaban J connectivity index is 2.37. The van der Waals surface area contributed by atoms with Crippen LogP contribution in [0.15, 0.2) is 52.3 Å². The van der Waals surface area contributed by atoms with Crippen molar-refractivity contribution in [3.63, 3.8) is 0 Å². The van der Waals surface area contributed by atoms with Crippen LogP contribution in [0.25, 0.3) is 0 Å². The minimum Gasteiger partial charge on any atom is -0.478 e. The first-order chi connectivity index (χ1) is 9.11. The number of nitriles is 1. The summed E-state index contributed by atoms with van der Waals surface area (Å²) in [6.07, 6.45) is 0. The lowest BCUT2D eigenvalue weighted by molar-refractivity contribution is 0.0696. The zero-order valence-corrected chi connectivity index (χ0v) is 11.1. The minimum absolute atomic E-state index is 0.291. The molecule has 3 nitrogen and oxygen atoms in total. The monoisotopic (exact) mass is 269 g/mol. The number of nitrogens with zero attached hydrogens (tertiary/aromatic N) is 1. The average Bonchev–Trinajstić information content (AvgIpc) is 2.41. The Kier molecular flexibility index (Phi) is 3.88. The molecule has 19 heavy (non-hydrogen) atoms. The predicted octanol–water partition coefficient (Wildman–Crippen LogP) is 3.72. The molecule has 0 aromatic heterocycles. The Labute approximate surface area is 115 Å². The van der Waals surface area contributed by atoms with Crippen LogP contribution in [0.2, 0.25) is 0 Å². The van der Waals surface area contributed by atoms with Crippen LogP contribution in [-0.4, -0.2) is 11.1 Å². The third-order valence-electron chi connectivity index (χ3n) is 2.67. The first-order valence-corrected chi connectivity index (χ1v) is 6.44. The van der Waals surface area contributed by atoms with E-state index in [-0.39, 0.29) is 0 Å². The van der Waals surface area contributed by atoms with Crippen molar-refractivity contribution in [3.8, 4) is 6.07 Å². The van der Waals surface area contributed by atoms with Gasteiger partial charge in [-0.15, -0.1) is 0 Å². The summed E-state index contributed by atoms with van der Waals surface area (Å²) in [5.41, 5.74) is 1.61. The van der Waals surface area contributed by atoms with Crippen LogP contribution in [0.5, 0.6) is 0 Å². The molecule has 2 rings (SSSR count). The van der Waals surface area contributed by atoms with Crippen molar-refractivity contribution in [2.45, 2.75) is 16.7 Å². The lowest BCUT2D eigenvalue weighted by Gasteiger charge is -2.06. The van der Waals surface area contributed by atoms with Gasteiger partial charge in [0.1, 0.15) is 6.07 Å². The van der Waals surface area contributed by atoms with Gasteiger partial charge < -0.3 is 5.11 Å². The number of carboxylic acids is 1. The molecule has 0 radical (unpaired) electrons. The van der Waals surface area contributed by atoms with Gasteiger partial charge >= 0.3 is 5.97 Å². The number of hydrogen-bond acceptors (Lipinski definition) is 3. The maximum atomic E-state index is 11.1. The smallest absolute Gasteiger partial charge is 0.335 e. The van der Waals surface area contributed by atoms with Crippen molar-refractivity contribution in [3.05, 3.63) is 59.2 Å². The van der Waals surface area contributed by atoms with Crippen molar-refractivity contribution in [2.24, 2.45) is 0 Å². The molecule has 0 spiro atoms. The van der Waals surface area contributed by atoms with E-state index in [1.54, 1.807) is 31.2 Å². The summed E-state index contributed by atoms with van der Waals surface area (Å²) in [6, 6.07) is 14.7. The molecule has 0 saturated carbocycles. The molecule has 0 aliphatic heterocycles. The highest BCUT2D eigenvalue weighted by Gasteiger charge is 2.09. The number of carboxylic acid groups (broad SMARTS) is 1. The standard InChI is InChI=1S/C15H11NO2S/c1-10-6-7-12(8-13(10)15(17)18)19-14-5-3-2-4-11(14)9-16/h2-8H,1H3,(H,17,18). The van der Waals surface area contributed by atoms with Gasteiger partial charge in [0, 0.05) is 9.79 Å². The Hall–Kier alpha value is -2.25. The van der Waals surface area contributed by atoms with Gasteiger partial charge in [0.05, 0.1) is 11.1 Å². The number of aromatic carboxylic acids is 1. The van der Waals surface area contributed by atoms with Crippen LogP contribution >= 0.6 is 11.8 Å². The Morgan fingerprint density at radius 2 is 2.00 bits per heavy atom. The lowest BCUT2D eigenvalue weighted by Crippen LogP contribution is -1.99. The Bertz CT molecular complexity index is 674. The second-order valence-electron chi connectivity index (χ2n) is 3.99. The van der Waals surface area contributed by atoms with Crippen molar-refractivity contribution in [2.75, 3.05) is 0 Å². The SMILES string of the molecule is Cc1ccc(Sc2ccccc2C#N)cc1C(=O)O. The zero-order valence-electron chi connectivity index (χ0n) is 10.3. The van der Waals surface area contributed by atoms with Crippen LogP contribution in [0.4, 0.5) is 0 Å². The van der Waals surface area contributed by atoms with Crippen molar-refractivity contribution in [1.82, 2.24) is 0 Å². The van der Waals surface area contributed by atoms with Crippen LogP contribution in [-0.2, 0) is 0 Å². The van der Waals surface area contributed by atoms with Gasteiger partial charge in [-0.3, -0.25) is 0 Å². The number of benzene rings is 2. The topological polar surface area (TPSA) is 61.1 Å². The molecule has 0 amide bonds. The molecule has 2 aromatic carbocycles. The fraction of sp³-hybridized carbons (Fsp3) is 0.0667. The van der Waals surface area contributed by atoms with Gasteiger partial charge in [-0.2, -0.15) is 5.26 Å². The van der Waals surface area contributed by atoms with E-state index in [2.05, 4.69) is 6.07 Å². The molecule has 0 aliphatic rings. The first kappa shape index (κ1) is 13.2. The molecule has 0 heterocycles. The van der Waals surface area contributed by atoms with Gasteiger partial charge in [-0.1, -0.05) is 30.0 Å². The minimum atomic E-state index is -0.937. The molecule has 0 fully saturated rings. The van der Waals surface area contributed by atoms with E-state index in [0.717, 1.165) is 15.4 Å². The number of carbonyl (C=O) groups is 1. The summed E-state index contributed by atoms with van der Waals surface area (Å²) in [6.45, 7) is 1.77. The molecule has 0 aliphatic carbocycles. The second kappa shape index (κ2) is 5.59. The summed E-state index contributed by atoms with van der Waals surface area (Å²) in [4.78, 5) is 12.7. The van der Waals surface area contributed by atoms with Gasteiger partial charge in [0.15, 0.2) is 0 Å². The Morgan fingerprint density at radius 1 is 1.26 bits per heavy atom. The number of hydrogen-bond donors (Lipinski definition) is 1. The number of aryl methyl sites for hydroxylation is 1. The van der Waals surface area contributed by atoms with Crippen molar-refractivity contribution < 1.29 is 9.90 Å². The Morgan fingerprint density at radius 3 is 2.68 bits per heavy atom. The van der Waals surface area contributed by atoms with Gasteiger partial charge in [0.2, 0.25) is 0 Å².